The summed E-state index contributed by atoms with van der Waals surface area (Å²) in [6, 6.07) is 19.0. The van der Waals surface area contributed by atoms with Crippen LogP contribution in [-0.2, 0) is 32.5 Å². The van der Waals surface area contributed by atoms with Gasteiger partial charge in [0, 0.05) is 24.2 Å². The number of imide groups is 1. The standard InChI is InChI=1S/C39H32Cl2F2N4O8S/c1-56(51,52)47(19-25-10-8-23-4-2-3-5-32(23)45-25)26-11-12-27-28(15-26)38(50)46(37(27)49)20-36(48)54-34(16-29-30(40)17-44-18-31(29)41)24-9-13-33(55-39(42)43)35(14-24)53-21-22-6-7-22/h2-5,8-15,17-18,22,34,39H,6-7,16,19-21H2,1H3/t34-/m0/s1. The van der Waals surface area contributed by atoms with Crippen molar-refractivity contribution in [1.29, 1.82) is 0 Å². The van der Waals surface area contributed by atoms with Gasteiger partial charge in [0.1, 0.15) is 12.6 Å². The van der Waals surface area contributed by atoms with Crippen LogP contribution in [0, 0.1) is 5.92 Å². The number of carbonyl (C=O) groups is 3. The number of para-hydroxylation sites is 1. The van der Waals surface area contributed by atoms with Crippen LogP contribution in [0.1, 0.15) is 56.5 Å². The van der Waals surface area contributed by atoms with Crippen LogP contribution in [0.5, 0.6) is 11.5 Å². The lowest BCUT2D eigenvalue weighted by Crippen LogP contribution is -2.36. The van der Waals surface area contributed by atoms with Crippen molar-refractivity contribution in [2.75, 3.05) is 23.7 Å². The summed E-state index contributed by atoms with van der Waals surface area (Å²) in [5, 5.41) is 1.20. The first-order chi connectivity index (χ1) is 26.7. The number of aromatic nitrogens is 2. The van der Waals surface area contributed by atoms with Gasteiger partial charge >= 0.3 is 12.6 Å². The predicted octanol–water partition coefficient (Wildman–Crippen LogP) is 7.42. The van der Waals surface area contributed by atoms with Crippen LogP contribution in [0.3, 0.4) is 0 Å². The largest absolute Gasteiger partial charge is 0.489 e. The molecule has 0 spiro atoms. The van der Waals surface area contributed by atoms with Crippen molar-refractivity contribution in [3.8, 4) is 11.5 Å². The first-order valence-corrected chi connectivity index (χ1v) is 19.9. The van der Waals surface area contributed by atoms with Crippen LogP contribution in [0.15, 0.2) is 85.2 Å². The van der Waals surface area contributed by atoms with Gasteiger partial charge in [0.25, 0.3) is 11.8 Å². The molecule has 1 atom stereocenters. The first-order valence-electron chi connectivity index (χ1n) is 17.3. The second kappa shape index (κ2) is 16.0. The van der Waals surface area contributed by atoms with Crippen molar-refractivity contribution in [3.05, 3.63) is 123 Å². The predicted molar refractivity (Wildman–Crippen MR) is 203 cm³/mol. The Morgan fingerprint density at radius 2 is 1.68 bits per heavy atom. The number of benzene rings is 3. The molecule has 0 unspecified atom stereocenters. The van der Waals surface area contributed by atoms with Gasteiger partial charge in [-0.15, -0.1) is 0 Å². The Bertz CT molecular complexity index is 2450. The minimum Gasteiger partial charge on any atom is -0.489 e. The molecule has 0 N–H and O–H groups in total. The molecule has 1 fully saturated rings. The van der Waals surface area contributed by atoms with E-state index in [1.165, 1.54) is 48.8 Å². The monoisotopic (exact) mass is 824 g/mol. The maximum absolute atomic E-state index is 13.7. The summed E-state index contributed by atoms with van der Waals surface area (Å²) in [4.78, 5) is 50.0. The van der Waals surface area contributed by atoms with Gasteiger partial charge < -0.3 is 14.2 Å². The number of sulfonamides is 1. The van der Waals surface area contributed by atoms with Crippen molar-refractivity contribution >= 4 is 67.6 Å². The number of amides is 2. The Balaban J connectivity index is 1.13. The van der Waals surface area contributed by atoms with E-state index in [1.54, 1.807) is 12.1 Å². The highest BCUT2D eigenvalue weighted by atomic mass is 35.5. The van der Waals surface area contributed by atoms with E-state index in [1.807, 2.05) is 24.3 Å². The van der Waals surface area contributed by atoms with Gasteiger partial charge in [-0.2, -0.15) is 8.78 Å². The molecular weight excluding hydrogens is 793 g/mol. The summed E-state index contributed by atoms with van der Waals surface area (Å²) in [7, 11) is -3.91. The van der Waals surface area contributed by atoms with Crippen LogP contribution < -0.4 is 13.8 Å². The van der Waals surface area contributed by atoms with Crippen LogP contribution in [-0.4, -0.2) is 67.1 Å². The number of nitrogens with zero attached hydrogens (tertiary/aromatic N) is 4. The van der Waals surface area contributed by atoms with Crippen LogP contribution in [0.2, 0.25) is 10.0 Å². The van der Waals surface area contributed by atoms with E-state index in [-0.39, 0.29) is 63.8 Å². The molecule has 0 radical (unpaired) electrons. The van der Waals surface area contributed by atoms with Gasteiger partial charge in [-0.05, 0) is 72.4 Å². The number of carbonyl (C=O) groups excluding carboxylic acids is 3. The van der Waals surface area contributed by atoms with Gasteiger partial charge in [-0.3, -0.25) is 33.6 Å². The molecule has 3 aromatic carbocycles. The van der Waals surface area contributed by atoms with Crippen LogP contribution >= 0.6 is 23.2 Å². The molecule has 1 aliphatic carbocycles. The summed E-state index contributed by atoms with van der Waals surface area (Å²) in [6.45, 7) is -3.83. The summed E-state index contributed by atoms with van der Waals surface area (Å²) in [6.07, 6.45) is 4.30. The number of ether oxygens (including phenoxy) is 3. The molecule has 3 heterocycles. The topological polar surface area (TPSA) is 145 Å². The van der Waals surface area contributed by atoms with Crippen molar-refractivity contribution in [3.63, 3.8) is 0 Å². The van der Waals surface area contributed by atoms with Crippen molar-refractivity contribution in [2.45, 2.75) is 38.5 Å². The molecule has 17 heteroatoms. The third kappa shape index (κ3) is 8.69. The van der Waals surface area contributed by atoms with E-state index in [2.05, 4.69) is 14.7 Å². The number of alkyl halides is 2. The Labute approximate surface area is 329 Å². The molecular formula is C39H32Cl2F2N4O8S. The summed E-state index contributed by atoms with van der Waals surface area (Å²) in [5.74, 6) is -2.59. The molecule has 12 nitrogen and oxygen atoms in total. The highest BCUT2D eigenvalue weighted by molar-refractivity contribution is 7.92. The zero-order valence-corrected chi connectivity index (χ0v) is 31.9. The van der Waals surface area contributed by atoms with E-state index in [9.17, 15) is 31.6 Å². The van der Waals surface area contributed by atoms with E-state index >= 15 is 0 Å². The van der Waals surface area contributed by atoms with Crippen molar-refractivity contribution in [1.82, 2.24) is 14.9 Å². The molecule has 56 heavy (non-hydrogen) atoms. The fourth-order valence-corrected chi connectivity index (χ4v) is 7.60. The molecule has 290 valence electrons. The zero-order valence-electron chi connectivity index (χ0n) is 29.5. The van der Waals surface area contributed by atoms with Gasteiger partial charge in [0.05, 0.1) is 57.5 Å². The Morgan fingerprint density at radius 1 is 0.946 bits per heavy atom. The van der Waals surface area contributed by atoms with E-state index < -0.39 is 47.1 Å². The minimum atomic E-state index is -3.91. The lowest BCUT2D eigenvalue weighted by Gasteiger charge is -2.23. The van der Waals surface area contributed by atoms with Gasteiger partial charge in [0.2, 0.25) is 10.0 Å². The number of halogens is 4. The fourth-order valence-electron chi connectivity index (χ4n) is 6.22. The number of esters is 1. The first kappa shape index (κ1) is 38.9. The molecule has 2 aromatic heterocycles. The SMILES string of the molecule is CS(=O)(=O)N(Cc1ccc2ccccc2n1)c1ccc2c(c1)C(=O)N(CC(=O)O[C@@H](Cc1c(Cl)cncc1Cl)c1ccc(OC(F)F)c(OCC3CC3)c1)C2=O. The molecule has 7 rings (SSSR count). The molecule has 1 saturated carbocycles. The smallest absolute Gasteiger partial charge is 0.387 e. The molecule has 5 aromatic rings. The van der Waals surface area contributed by atoms with Crippen molar-refractivity contribution < 1.29 is 45.8 Å². The zero-order chi connectivity index (χ0) is 39.7. The Hall–Kier alpha value is -5.38. The normalized spacial score (nSPS) is 14.6. The number of fused-ring (bicyclic) bond motifs is 2. The summed E-state index contributed by atoms with van der Waals surface area (Å²) >= 11 is 12.8. The number of hydrogen-bond acceptors (Lipinski definition) is 10. The minimum absolute atomic E-state index is 0.00152. The molecule has 2 amide bonds. The Kier molecular flexibility index (Phi) is 11.1. The van der Waals surface area contributed by atoms with Crippen LogP contribution in [0.25, 0.3) is 10.9 Å². The second-order valence-electron chi connectivity index (χ2n) is 13.3. The third-order valence-corrected chi connectivity index (χ3v) is 11.0. The Morgan fingerprint density at radius 3 is 2.39 bits per heavy atom. The quantitative estimate of drug-likeness (QED) is 0.0773. The number of rotatable bonds is 15. The fraction of sp³-hybridized carbons (Fsp3) is 0.256. The summed E-state index contributed by atoms with van der Waals surface area (Å²) in [5.41, 5.74) is 1.73. The van der Waals surface area contributed by atoms with Gasteiger partial charge in [-0.25, -0.2) is 8.42 Å². The lowest BCUT2D eigenvalue weighted by atomic mass is 10.0. The molecule has 1 aliphatic heterocycles. The van der Waals surface area contributed by atoms with Gasteiger partial charge in [0.15, 0.2) is 11.5 Å². The average molecular weight is 826 g/mol. The molecule has 0 saturated heterocycles. The second-order valence-corrected chi connectivity index (χ2v) is 16.0. The maximum atomic E-state index is 13.7. The van der Waals surface area contributed by atoms with E-state index in [4.69, 9.17) is 32.7 Å². The number of hydrogen-bond donors (Lipinski definition) is 0. The van der Waals surface area contributed by atoms with Crippen molar-refractivity contribution in [2.24, 2.45) is 5.92 Å². The summed E-state index contributed by atoms with van der Waals surface area (Å²) < 4.78 is 69.9. The number of pyridine rings is 2. The highest BCUT2D eigenvalue weighted by Crippen LogP contribution is 2.38. The molecule has 2 aliphatic rings. The highest BCUT2D eigenvalue weighted by Gasteiger charge is 2.38. The number of anilines is 1. The maximum Gasteiger partial charge on any atom is 0.387 e. The van der Waals surface area contributed by atoms with E-state index in [0.29, 0.717) is 27.2 Å². The third-order valence-electron chi connectivity index (χ3n) is 9.23. The van der Waals surface area contributed by atoms with Crippen LogP contribution in [0.4, 0.5) is 14.5 Å². The lowest BCUT2D eigenvalue weighted by molar-refractivity contribution is -0.149. The van der Waals surface area contributed by atoms with Gasteiger partial charge in [-0.1, -0.05) is 53.5 Å². The molecule has 0 bridgehead atoms. The average Bonchev–Trinajstić information content (AvgIpc) is 3.96. The van der Waals surface area contributed by atoms with E-state index in [0.717, 1.165) is 28.8 Å².